The van der Waals surface area contributed by atoms with E-state index in [4.69, 9.17) is 5.73 Å². The van der Waals surface area contributed by atoms with E-state index in [1.54, 1.807) is 24.7 Å². The van der Waals surface area contributed by atoms with Gasteiger partial charge in [0.1, 0.15) is 11.9 Å². The molecule has 9 heteroatoms. The number of pyridine rings is 2. The van der Waals surface area contributed by atoms with Gasteiger partial charge in [-0.15, -0.1) is 0 Å². The molecule has 8 nitrogen and oxygen atoms in total. The third-order valence-corrected chi connectivity index (χ3v) is 5.20. The molecule has 0 saturated carbocycles. The number of hydrogen-bond donors (Lipinski definition) is 1. The maximum absolute atomic E-state index is 10.8. The molecule has 2 aromatic heterocycles. The summed E-state index contributed by atoms with van der Waals surface area (Å²) in [7, 11) is 0. The number of anilines is 3. The average molecular weight is 491 g/mol. The van der Waals surface area contributed by atoms with Crippen LogP contribution in [0.1, 0.15) is 38.5 Å². The summed E-state index contributed by atoms with van der Waals surface area (Å²) in [5.74, 6) is 0. The van der Waals surface area contributed by atoms with Gasteiger partial charge in [-0.2, -0.15) is 0 Å². The Hall–Kier alpha value is -2.24. The Morgan fingerprint density at radius 3 is 1.83 bits per heavy atom. The summed E-state index contributed by atoms with van der Waals surface area (Å²) in [6.07, 6.45) is 13.8. The molecule has 4 heterocycles. The first-order valence-corrected chi connectivity index (χ1v) is 9.94. The predicted octanol–water partition coefficient (Wildman–Crippen LogP) is 3.63. The van der Waals surface area contributed by atoms with E-state index in [-0.39, 0.29) is 31.0 Å². The molecule has 0 aromatic carbocycles. The molecule has 0 aliphatic carbocycles. The monoisotopic (exact) mass is 490 g/mol. The number of rotatable bonds is 3. The van der Waals surface area contributed by atoms with Crippen LogP contribution in [0, 0.1) is 10.1 Å². The average Bonchev–Trinajstić information content (AvgIpc) is 2.76. The second-order valence-electron chi connectivity index (χ2n) is 7.15. The van der Waals surface area contributed by atoms with Crippen molar-refractivity contribution >= 4 is 22.7 Å². The van der Waals surface area contributed by atoms with E-state index in [1.807, 2.05) is 6.07 Å². The first kappa shape index (κ1) is 23.0. The molecule has 0 amide bonds. The fraction of sp³-hybridized carbons (Fsp3) is 0.500. The normalized spacial score (nSPS) is 16.3. The van der Waals surface area contributed by atoms with Crippen molar-refractivity contribution in [1.29, 1.82) is 0 Å². The van der Waals surface area contributed by atoms with Crippen LogP contribution in [-0.4, -0.2) is 41.1 Å². The van der Waals surface area contributed by atoms with Crippen LogP contribution in [0.5, 0.6) is 0 Å². The van der Waals surface area contributed by atoms with Gasteiger partial charge in [-0.25, -0.2) is 0 Å². The van der Waals surface area contributed by atoms with Crippen molar-refractivity contribution in [3.8, 4) is 0 Å². The van der Waals surface area contributed by atoms with Gasteiger partial charge in [0.25, 0.3) is 0 Å². The fourth-order valence-electron chi connectivity index (χ4n) is 3.74. The Morgan fingerprint density at radius 1 is 0.828 bits per heavy atom. The largest absolute Gasteiger partial charge is 0.396 e. The number of nitrogens with zero attached hydrogens (tertiary/aromatic N) is 5. The third kappa shape index (κ3) is 6.38. The van der Waals surface area contributed by atoms with Gasteiger partial charge in [0.15, 0.2) is 0 Å². The number of hydrogen-bond acceptors (Lipinski definition) is 7. The summed E-state index contributed by atoms with van der Waals surface area (Å²) >= 11 is 0. The van der Waals surface area contributed by atoms with Crippen LogP contribution >= 0.6 is 0 Å². The van der Waals surface area contributed by atoms with Crippen molar-refractivity contribution in [3.63, 3.8) is 0 Å². The zero-order valence-electron chi connectivity index (χ0n) is 16.5. The van der Waals surface area contributed by atoms with E-state index >= 15 is 0 Å². The molecule has 0 radical (unpaired) electrons. The van der Waals surface area contributed by atoms with Crippen LogP contribution in [0.25, 0.3) is 0 Å². The molecule has 2 aliphatic rings. The van der Waals surface area contributed by atoms with E-state index in [9.17, 15) is 10.1 Å². The van der Waals surface area contributed by atoms with Crippen LogP contribution in [-0.2, 0) is 20.4 Å². The van der Waals surface area contributed by atoms with Crippen molar-refractivity contribution in [3.05, 3.63) is 47.0 Å². The first-order chi connectivity index (χ1) is 13.7. The standard InChI is InChI=1S/C10H13N3O2.C10H15N3.Pd/c14-13(15)10-8-11-5-4-9(10)12-6-2-1-3-7-12;11-9-8-12-5-4-10(9)13-6-2-1-3-7-13;/h4-5,8H,1-3,6-7H2;4-5,8H,1-3,6-7,11H2;. The van der Waals surface area contributed by atoms with E-state index in [2.05, 4.69) is 19.8 Å². The molecule has 2 fully saturated rings. The van der Waals surface area contributed by atoms with E-state index in [1.165, 1.54) is 31.9 Å². The second kappa shape index (κ2) is 11.7. The van der Waals surface area contributed by atoms with Crippen LogP contribution in [0.2, 0.25) is 0 Å². The Kier molecular flexibility index (Phi) is 9.29. The second-order valence-corrected chi connectivity index (χ2v) is 7.15. The van der Waals surface area contributed by atoms with E-state index in [0.29, 0.717) is 5.69 Å². The van der Waals surface area contributed by atoms with E-state index in [0.717, 1.165) is 50.4 Å². The van der Waals surface area contributed by atoms with Gasteiger partial charge in [0, 0.05) is 59.0 Å². The van der Waals surface area contributed by atoms with Crippen molar-refractivity contribution in [2.24, 2.45) is 0 Å². The minimum atomic E-state index is -0.364. The molecule has 0 bridgehead atoms. The number of aromatic nitrogens is 2. The molecule has 160 valence electrons. The van der Waals surface area contributed by atoms with Crippen molar-refractivity contribution in [2.45, 2.75) is 38.5 Å². The molecule has 4 rings (SSSR count). The van der Waals surface area contributed by atoms with Crippen LogP contribution in [0.3, 0.4) is 0 Å². The Bertz CT molecular complexity index is 779. The Labute approximate surface area is 185 Å². The van der Waals surface area contributed by atoms with E-state index < -0.39 is 0 Å². The van der Waals surface area contributed by atoms with Crippen molar-refractivity contribution < 1.29 is 25.3 Å². The van der Waals surface area contributed by atoms with Gasteiger partial charge in [0.2, 0.25) is 0 Å². The Balaban J connectivity index is 0.000000202. The van der Waals surface area contributed by atoms with Crippen molar-refractivity contribution in [2.75, 3.05) is 41.7 Å². The maximum atomic E-state index is 10.8. The number of nitro groups is 1. The molecule has 29 heavy (non-hydrogen) atoms. The van der Waals surface area contributed by atoms with Gasteiger partial charge in [-0.3, -0.25) is 20.1 Å². The first-order valence-electron chi connectivity index (χ1n) is 9.94. The summed E-state index contributed by atoms with van der Waals surface area (Å²) < 4.78 is 0. The maximum Gasteiger partial charge on any atom is 0.310 e. The molecule has 0 spiro atoms. The summed E-state index contributed by atoms with van der Waals surface area (Å²) in [5.41, 5.74) is 8.60. The smallest absolute Gasteiger partial charge is 0.310 e. The molecular formula is C20H28N6O2Pd. The van der Waals surface area contributed by atoms with Gasteiger partial charge < -0.3 is 15.5 Å². The van der Waals surface area contributed by atoms with Gasteiger partial charge in [0.05, 0.1) is 22.5 Å². The quantitative estimate of drug-likeness (QED) is 0.398. The SMILES string of the molecule is Nc1cnccc1N1CCCCC1.O=[N+]([O-])c1cnccc1N1CCCCC1.[Pd]. The molecule has 2 aliphatic heterocycles. The topological polar surface area (TPSA) is 101 Å². The minimum absolute atomic E-state index is 0. The third-order valence-electron chi connectivity index (χ3n) is 5.20. The van der Waals surface area contributed by atoms with Gasteiger partial charge in [-0.1, -0.05) is 0 Å². The number of nitrogen functional groups attached to an aromatic ring is 1. The van der Waals surface area contributed by atoms with Crippen LogP contribution in [0.4, 0.5) is 22.7 Å². The molecular weight excluding hydrogens is 463 g/mol. The van der Waals surface area contributed by atoms with Crippen molar-refractivity contribution in [1.82, 2.24) is 9.97 Å². The number of nitrogens with two attached hydrogens (primary N) is 1. The van der Waals surface area contributed by atoms with Crippen LogP contribution < -0.4 is 15.5 Å². The number of piperidine rings is 2. The molecule has 2 aromatic rings. The molecule has 0 unspecified atom stereocenters. The predicted molar refractivity (Wildman–Crippen MR) is 112 cm³/mol. The molecule has 0 atom stereocenters. The zero-order chi connectivity index (χ0) is 19.8. The summed E-state index contributed by atoms with van der Waals surface area (Å²) in [4.78, 5) is 22.6. The van der Waals surface area contributed by atoms with Gasteiger partial charge >= 0.3 is 5.69 Å². The van der Waals surface area contributed by atoms with Gasteiger partial charge in [-0.05, 0) is 50.7 Å². The fourth-order valence-corrected chi connectivity index (χ4v) is 3.74. The Morgan fingerprint density at radius 2 is 1.31 bits per heavy atom. The molecule has 2 N–H and O–H groups in total. The summed E-state index contributed by atoms with van der Waals surface area (Å²) in [6.45, 7) is 4.08. The minimum Gasteiger partial charge on any atom is -0.396 e. The zero-order valence-corrected chi connectivity index (χ0v) is 18.0. The van der Waals surface area contributed by atoms with Crippen LogP contribution in [0.15, 0.2) is 36.9 Å². The summed E-state index contributed by atoms with van der Waals surface area (Å²) in [6, 6.07) is 3.73. The molecule has 2 saturated heterocycles. The summed E-state index contributed by atoms with van der Waals surface area (Å²) in [5, 5.41) is 10.8.